The first-order valence-corrected chi connectivity index (χ1v) is 11.9. The molecular formula is C23H27N3O5S. The maximum atomic E-state index is 12.3. The summed E-state index contributed by atoms with van der Waals surface area (Å²) < 4.78 is 30.1. The van der Waals surface area contributed by atoms with E-state index in [9.17, 15) is 23.3 Å². The molecule has 0 aliphatic rings. The zero-order valence-electron chi connectivity index (χ0n) is 18.8. The molecule has 2 rings (SSSR count). The van der Waals surface area contributed by atoms with Crippen LogP contribution < -0.4 is 5.32 Å². The van der Waals surface area contributed by atoms with E-state index in [4.69, 9.17) is 4.74 Å². The van der Waals surface area contributed by atoms with Crippen molar-refractivity contribution >= 4 is 33.5 Å². The van der Waals surface area contributed by atoms with Gasteiger partial charge in [-0.1, -0.05) is 13.8 Å². The number of amides is 1. The molecule has 0 spiro atoms. The number of nitrogens with one attached hydrogen (secondary N) is 1. The predicted octanol–water partition coefficient (Wildman–Crippen LogP) is 3.25. The van der Waals surface area contributed by atoms with Crippen molar-refractivity contribution in [2.45, 2.75) is 39.1 Å². The maximum Gasteiger partial charge on any atom is 0.349 e. The van der Waals surface area contributed by atoms with E-state index in [2.05, 4.69) is 23.7 Å². The number of sulfone groups is 1. The molecular weight excluding hydrogens is 430 g/mol. The van der Waals surface area contributed by atoms with Crippen LogP contribution in [0.3, 0.4) is 0 Å². The lowest BCUT2D eigenvalue weighted by molar-refractivity contribution is -0.142. The molecule has 1 heterocycles. The van der Waals surface area contributed by atoms with Crippen LogP contribution in [0.4, 0.5) is 5.69 Å². The van der Waals surface area contributed by atoms with Crippen LogP contribution in [0.2, 0.25) is 0 Å². The van der Waals surface area contributed by atoms with Gasteiger partial charge in [0.05, 0.1) is 4.90 Å². The first-order chi connectivity index (χ1) is 14.9. The van der Waals surface area contributed by atoms with Gasteiger partial charge in [-0.2, -0.15) is 5.26 Å². The van der Waals surface area contributed by atoms with Crippen molar-refractivity contribution in [1.29, 1.82) is 5.26 Å². The van der Waals surface area contributed by atoms with Gasteiger partial charge in [-0.25, -0.2) is 13.2 Å². The van der Waals surface area contributed by atoms with Crippen molar-refractivity contribution in [3.8, 4) is 6.07 Å². The number of hydrogen-bond donors (Lipinski definition) is 1. The molecule has 8 nitrogen and oxygen atoms in total. The topological polar surface area (TPSA) is 118 Å². The van der Waals surface area contributed by atoms with E-state index >= 15 is 0 Å². The second-order valence-corrected chi connectivity index (χ2v) is 9.94. The number of benzene rings is 1. The Morgan fingerprint density at radius 2 is 1.84 bits per heavy atom. The lowest BCUT2D eigenvalue weighted by Gasteiger charge is -2.12. The maximum absolute atomic E-state index is 12.3. The molecule has 0 unspecified atom stereocenters. The van der Waals surface area contributed by atoms with Gasteiger partial charge in [-0.15, -0.1) is 0 Å². The van der Waals surface area contributed by atoms with Crippen LogP contribution >= 0.6 is 0 Å². The molecule has 9 heteroatoms. The van der Waals surface area contributed by atoms with Crippen molar-refractivity contribution in [2.24, 2.45) is 5.92 Å². The monoisotopic (exact) mass is 457 g/mol. The average molecular weight is 458 g/mol. The lowest BCUT2D eigenvalue weighted by Crippen LogP contribution is -2.21. The summed E-state index contributed by atoms with van der Waals surface area (Å²) >= 11 is 0. The van der Waals surface area contributed by atoms with Crippen molar-refractivity contribution in [2.75, 3.05) is 18.2 Å². The Morgan fingerprint density at radius 1 is 1.22 bits per heavy atom. The summed E-state index contributed by atoms with van der Waals surface area (Å²) in [4.78, 5) is 24.5. The van der Waals surface area contributed by atoms with Gasteiger partial charge in [0.2, 0.25) is 0 Å². The number of hydrogen-bond acceptors (Lipinski definition) is 6. The third kappa shape index (κ3) is 6.56. The second-order valence-electron chi connectivity index (χ2n) is 7.92. The first kappa shape index (κ1) is 24.9. The summed E-state index contributed by atoms with van der Waals surface area (Å²) in [6.07, 6.45) is 2.55. The van der Waals surface area contributed by atoms with E-state index in [1.165, 1.54) is 30.3 Å². The molecule has 0 atom stereocenters. The number of anilines is 1. The van der Waals surface area contributed by atoms with Crippen LogP contribution in [0.25, 0.3) is 6.08 Å². The highest BCUT2D eigenvalue weighted by Gasteiger charge is 2.16. The van der Waals surface area contributed by atoms with E-state index in [1.807, 2.05) is 26.0 Å². The molecule has 0 fully saturated rings. The lowest BCUT2D eigenvalue weighted by atomic mass is 10.1. The number of aryl methyl sites for hydroxylation is 1. The van der Waals surface area contributed by atoms with Gasteiger partial charge in [0.1, 0.15) is 11.6 Å². The fourth-order valence-electron chi connectivity index (χ4n) is 3.10. The standard InChI is InChI=1S/C23H27N3O5S/c1-15(2)13-26-16(3)10-18(17(26)4)11-19(12-24)23(28)31-14-22(27)25-20-6-8-21(9-7-20)32(5,29)30/h6-11,15H,13-14H2,1-5H3,(H,25,27)/b19-11+. The number of aromatic nitrogens is 1. The van der Waals surface area contributed by atoms with Gasteiger partial charge < -0.3 is 14.6 Å². The summed E-state index contributed by atoms with van der Waals surface area (Å²) in [6.45, 7) is 8.34. The van der Waals surface area contributed by atoms with Crippen molar-refractivity contribution in [1.82, 2.24) is 4.57 Å². The molecule has 0 aliphatic carbocycles. The Labute approximate surface area is 188 Å². The number of carbonyl (C=O) groups is 2. The Kier molecular flexibility index (Phi) is 8.00. The van der Waals surface area contributed by atoms with Gasteiger partial charge in [0, 0.05) is 29.9 Å². The highest BCUT2D eigenvalue weighted by molar-refractivity contribution is 7.90. The van der Waals surface area contributed by atoms with E-state index in [0.717, 1.165) is 29.8 Å². The van der Waals surface area contributed by atoms with Crippen molar-refractivity contribution in [3.63, 3.8) is 0 Å². The molecule has 2 aromatic rings. The minimum absolute atomic E-state index is 0.124. The zero-order valence-corrected chi connectivity index (χ0v) is 19.6. The summed E-state index contributed by atoms with van der Waals surface area (Å²) in [5.74, 6) is -1.07. The Bertz CT molecular complexity index is 1180. The highest BCUT2D eigenvalue weighted by atomic mass is 32.2. The molecule has 0 aliphatic heterocycles. The normalized spacial score (nSPS) is 11.8. The van der Waals surface area contributed by atoms with Gasteiger partial charge in [-0.05, 0) is 61.7 Å². The number of nitriles is 1. The quantitative estimate of drug-likeness (QED) is 0.369. The molecule has 1 aromatic carbocycles. The number of esters is 1. The van der Waals surface area contributed by atoms with Crippen LogP contribution in [0.1, 0.15) is 30.8 Å². The molecule has 0 saturated carbocycles. The smallest absolute Gasteiger partial charge is 0.349 e. The first-order valence-electron chi connectivity index (χ1n) is 9.98. The third-order valence-corrected chi connectivity index (χ3v) is 5.83. The summed E-state index contributed by atoms with van der Waals surface area (Å²) in [6, 6.07) is 9.32. The van der Waals surface area contributed by atoms with Crippen LogP contribution in [0.15, 0.2) is 40.8 Å². The minimum Gasteiger partial charge on any atom is -0.451 e. The number of rotatable bonds is 8. The predicted molar refractivity (Wildman–Crippen MR) is 121 cm³/mol. The third-order valence-electron chi connectivity index (χ3n) is 4.70. The van der Waals surface area contributed by atoms with E-state index < -0.39 is 28.3 Å². The number of carbonyl (C=O) groups excluding carboxylic acids is 2. The molecule has 170 valence electrons. The molecule has 1 aromatic heterocycles. The SMILES string of the molecule is Cc1cc(/C=C(\C#N)C(=O)OCC(=O)Nc2ccc(S(C)(=O)=O)cc2)c(C)n1CC(C)C. The average Bonchev–Trinajstić information content (AvgIpc) is 2.97. The summed E-state index contributed by atoms with van der Waals surface area (Å²) in [7, 11) is -3.34. The molecule has 32 heavy (non-hydrogen) atoms. The summed E-state index contributed by atoms with van der Waals surface area (Å²) in [5, 5.41) is 11.9. The van der Waals surface area contributed by atoms with Gasteiger partial charge in [-0.3, -0.25) is 4.79 Å². The van der Waals surface area contributed by atoms with Crippen LogP contribution in [0, 0.1) is 31.1 Å². The molecule has 0 radical (unpaired) electrons. The van der Waals surface area contributed by atoms with Gasteiger partial charge in [0.15, 0.2) is 16.4 Å². The van der Waals surface area contributed by atoms with Gasteiger partial charge >= 0.3 is 5.97 Å². The zero-order chi connectivity index (χ0) is 24.1. The number of nitrogens with zero attached hydrogens (tertiary/aromatic N) is 2. The van der Waals surface area contributed by atoms with Crippen LogP contribution in [-0.2, 0) is 30.7 Å². The molecule has 0 bridgehead atoms. The van der Waals surface area contributed by atoms with E-state index in [0.29, 0.717) is 11.6 Å². The minimum atomic E-state index is -3.34. The fraction of sp³-hybridized carbons (Fsp3) is 0.348. The van der Waals surface area contributed by atoms with Crippen LogP contribution in [0.5, 0.6) is 0 Å². The van der Waals surface area contributed by atoms with E-state index in [1.54, 1.807) is 0 Å². The van der Waals surface area contributed by atoms with Crippen molar-refractivity contribution in [3.05, 3.63) is 52.9 Å². The molecule has 1 N–H and O–H groups in total. The highest BCUT2D eigenvalue weighted by Crippen LogP contribution is 2.20. The molecule has 1 amide bonds. The second kappa shape index (κ2) is 10.3. The summed E-state index contributed by atoms with van der Waals surface area (Å²) in [5.41, 5.74) is 2.85. The largest absolute Gasteiger partial charge is 0.451 e. The Hall–Kier alpha value is -3.38. The van der Waals surface area contributed by atoms with Gasteiger partial charge in [0.25, 0.3) is 5.91 Å². The Balaban J connectivity index is 2.03. The molecule has 0 saturated heterocycles. The fourth-order valence-corrected chi connectivity index (χ4v) is 3.73. The van der Waals surface area contributed by atoms with Crippen molar-refractivity contribution < 1.29 is 22.7 Å². The Morgan fingerprint density at radius 3 is 2.38 bits per heavy atom. The number of ether oxygens (including phenoxy) is 1. The van der Waals surface area contributed by atoms with Crippen LogP contribution in [-0.4, -0.2) is 37.7 Å². The van der Waals surface area contributed by atoms with E-state index in [-0.39, 0.29) is 10.5 Å².